The second-order valence-electron chi connectivity index (χ2n) is 14.8. The first kappa shape index (κ1) is 27.8. The maximum absolute atomic E-state index is 13.8. The molecule has 1 aromatic carbocycles. The van der Waals surface area contributed by atoms with Gasteiger partial charge in [-0.3, -0.25) is 14.1 Å². The van der Waals surface area contributed by atoms with Crippen molar-refractivity contribution < 1.29 is 36.8 Å². The average molecular weight is 587 g/mol. The van der Waals surface area contributed by atoms with Crippen LogP contribution in [0, 0.1) is 46.8 Å². The zero-order chi connectivity index (χ0) is 29.0. The zero-order valence-electron chi connectivity index (χ0n) is 24.4. The largest absolute Gasteiger partial charge is 0.459 e. The molecule has 6 unspecified atom stereocenters. The lowest BCUT2D eigenvalue weighted by molar-refractivity contribution is -0.186. The first-order valence-corrected chi connectivity index (χ1v) is 17.0. The SMILES string of the molecule is CC(C)c1cc(OC(=O)C2C3COC4C3CC2C4OC(=O)C23CC4CC(CC(C4)C2)C3)cc(C(C)C)c1S(=O)(=O)O. The summed E-state index contributed by atoms with van der Waals surface area (Å²) in [6.45, 7) is 7.82. The van der Waals surface area contributed by atoms with Crippen molar-refractivity contribution in [3.8, 4) is 5.75 Å². The lowest BCUT2D eigenvalue weighted by Gasteiger charge is -2.55. The van der Waals surface area contributed by atoms with Crippen molar-refractivity contribution >= 4 is 22.1 Å². The van der Waals surface area contributed by atoms with Gasteiger partial charge >= 0.3 is 11.9 Å². The molecule has 224 valence electrons. The molecule has 6 bridgehead atoms. The molecule has 8 rings (SSSR count). The maximum atomic E-state index is 13.8. The van der Waals surface area contributed by atoms with Crippen molar-refractivity contribution in [1.29, 1.82) is 0 Å². The smallest absolute Gasteiger partial charge is 0.315 e. The average Bonchev–Trinajstić information content (AvgIpc) is 3.51. The Morgan fingerprint density at radius 3 is 1.98 bits per heavy atom. The van der Waals surface area contributed by atoms with E-state index in [1.807, 2.05) is 27.7 Å². The third-order valence-electron chi connectivity index (χ3n) is 11.5. The van der Waals surface area contributed by atoms with Crippen LogP contribution < -0.4 is 4.74 Å². The van der Waals surface area contributed by atoms with E-state index in [0.29, 0.717) is 35.5 Å². The molecule has 6 atom stereocenters. The Morgan fingerprint density at radius 1 is 0.902 bits per heavy atom. The summed E-state index contributed by atoms with van der Waals surface area (Å²) in [4.78, 5) is 27.5. The van der Waals surface area contributed by atoms with Crippen LogP contribution in [0.1, 0.15) is 95.6 Å². The van der Waals surface area contributed by atoms with E-state index in [1.165, 1.54) is 19.3 Å². The number of rotatable bonds is 7. The van der Waals surface area contributed by atoms with Gasteiger partial charge in [0.1, 0.15) is 16.7 Å². The van der Waals surface area contributed by atoms with E-state index in [9.17, 15) is 22.6 Å². The van der Waals surface area contributed by atoms with E-state index in [4.69, 9.17) is 14.2 Å². The Kier molecular flexibility index (Phi) is 6.46. The molecule has 1 N–H and O–H groups in total. The molecular weight excluding hydrogens is 544 g/mol. The molecule has 7 fully saturated rings. The van der Waals surface area contributed by atoms with E-state index in [0.717, 1.165) is 25.7 Å². The van der Waals surface area contributed by atoms with Crippen LogP contribution in [0.2, 0.25) is 0 Å². The minimum Gasteiger partial charge on any atom is -0.459 e. The summed E-state index contributed by atoms with van der Waals surface area (Å²) < 4.78 is 53.2. The molecule has 1 aromatic rings. The van der Waals surface area contributed by atoms with Crippen molar-refractivity contribution in [2.75, 3.05) is 6.61 Å². The van der Waals surface area contributed by atoms with Crippen LogP contribution in [0.15, 0.2) is 17.0 Å². The van der Waals surface area contributed by atoms with E-state index in [-0.39, 0.29) is 63.7 Å². The van der Waals surface area contributed by atoms with Crippen molar-refractivity contribution in [1.82, 2.24) is 0 Å². The fourth-order valence-corrected chi connectivity index (χ4v) is 11.4. The van der Waals surface area contributed by atoms with Gasteiger partial charge in [-0.15, -0.1) is 0 Å². The molecule has 41 heavy (non-hydrogen) atoms. The predicted octanol–water partition coefficient (Wildman–Crippen LogP) is 5.49. The van der Waals surface area contributed by atoms with E-state index >= 15 is 0 Å². The van der Waals surface area contributed by atoms with Crippen LogP contribution in [0.3, 0.4) is 0 Å². The molecule has 0 amide bonds. The fourth-order valence-electron chi connectivity index (χ4n) is 10.2. The molecule has 1 saturated heterocycles. The first-order valence-electron chi connectivity index (χ1n) is 15.5. The molecule has 8 nitrogen and oxygen atoms in total. The molecule has 7 aliphatic rings. The summed E-state index contributed by atoms with van der Waals surface area (Å²) in [5.41, 5.74) is 0.474. The van der Waals surface area contributed by atoms with Crippen molar-refractivity contribution in [2.24, 2.45) is 46.8 Å². The molecule has 1 aliphatic heterocycles. The van der Waals surface area contributed by atoms with Gasteiger partial charge in [0.2, 0.25) is 0 Å². The summed E-state index contributed by atoms with van der Waals surface area (Å²) in [6.07, 6.45) is 6.77. The summed E-state index contributed by atoms with van der Waals surface area (Å²) in [5, 5.41) is 0. The molecule has 0 aromatic heterocycles. The Bertz CT molecular complexity index is 1320. The Balaban J connectivity index is 1.13. The van der Waals surface area contributed by atoms with Crippen molar-refractivity contribution in [3.63, 3.8) is 0 Å². The fraction of sp³-hybridized carbons (Fsp3) is 0.750. The summed E-state index contributed by atoms with van der Waals surface area (Å²) in [7, 11) is -4.47. The van der Waals surface area contributed by atoms with Gasteiger partial charge in [0, 0.05) is 11.8 Å². The van der Waals surface area contributed by atoms with Gasteiger partial charge in [-0.05, 0) is 104 Å². The van der Waals surface area contributed by atoms with Gasteiger partial charge in [0.25, 0.3) is 10.1 Å². The minimum absolute atomic E-state index is 0.0261. The highest BCUT2D eigenvalue weighted by Gasteiger charge is 2.67. The zero-order valence-corrected chi connectivity index (χ0v) is 25.2. The minimum atomic E-state index is -4.47. The molecular formula is C32H42O8S. The van der Waals surface area contributed by atoms with Gasteiger partial charge in [-0.25, -0.2) is 0 Å². The topological polar surface area (TPSA) is 116 Å². The standard InChI is InChI=1S/C32H42O8S/c1-15(2)21-8-20(9-22(16(3)4)29(21)41(35,36)37)39-30(33)26-24-10-23-25(26)14-38-27(23)28(24)40-31(34)32-11-17-5-18(12-32)7-19(6-17)13-32/h8-9,15-19,23-28H,5-7,10-14H2,1-4H3,(H,35,36,37). The van der Waals surface area contributed by atoms with Crippen LogP contribution in [-0.4, -0.2) is 43.7 Å². The quantitative estimate of drug-likeness (QED) is 0.253. The summed E-state index contributed by atoms with van der Waals surface area (Å²) >= 11 is 0. The Hall–Kier alpha value is -1.97. The molecule has 6 aliphatic carbocycles. The number of esters is 2. The van der Waals surface area contributed by atoms with E-state index in [2.05, 4.69) is 0 Å². The maximum Gasteiger partial charge on any atom is 0.315 e. The monoisotopic (exact) mass is 586 g/mol. The highest BCUT2D eigenvalue weighted by molar-refractivity contribution is 7.86. The van der Waals surface area contributed by atoms with Crippen molar-refractivity contribution in [3.05, 3.63) is 23.3 Å². The molecule has 9 heteroatoms. The third kappa shape index (κ3) is 4.39. The molecule has 0 spiro atoms. The van der Waals surface area contributed by atoms with Crippen LogP contribution in [-0.2, 0) is 29.2 Å². The van der Waals surface area contributed by atoms with Gasteiger partial charge in [-0.1, -0.05) is 27.7 Å². The number of benzene rings is 1. The third-order valence-corrected chi connectivity index (χ3v) is 12.5. The number of hydrogen-bond donors (Lipinski definition) is 1. The Labute approximate surface area is 242 Å². The highest BCUT2D eigenvalue weighted by Crippen LogP contribution is 2.62. The van der Waals surface area contributed by atoms with Gasteiger partial charge in [0.05, 0.1) is 24.0 Å². The van der Waals surface area contributed by atoms with E-state index in [1.54, 1.807) is 12.1 Å². The predicted molar refractivity (Wildman–Crippen MR) is 149 cm³/mol. The Morgan fingerprint density at radius 2 is 1.46 bits per heavy atom. The highest BCUT2D eigenvalue weighted by atomic mass is 32.2. The lowest BCUT2D eigenvalue weighted by Crippen LogP contribution is -2.53. The lowest BCUT2D eigenvalue weighted by atomic mass is 9.49. The second-order valence-corrected chi connectivity index (χ2v) is 16.1. The molecule has 1 heterocycles. The van der Waals surface area contributed by atoms with Crippen LogP contribution in [0.4, 0.5) is 0 Å². The summed E-state index contributed by atoms with van der Waals surface area (Å²) in [6, 6.07) is 3.12. The van der Waals surface area contributed by atoms with Crippen molar-refractivity contribution in [2.45, 2.75) is 102 Å². The van der Waals surface area contributed by atoms with Gasteiger partial charge in [0.15, 0.2) is 0 Å². The number of ether oxygens (including phenoxy) is 3. The number of carbonyl (C=O) groups excluding carboxylic acids is 2. The van der Waals surface area contributed by atoms with Crippen LogP contribution in [0.25, 0.3) is 0 Å². The van der Waals surface area contributed by atoms with E-state index < -0.39 is 22.1 Å². The number of carbonyl (C=O) groups is 2. The summed E-state index contributed by atoms with van der Waals surface area (Å²) in [5.74, 6) is 0.911. The molecule has 0 radical (unpaired) electrons. The number of fused-ring (bicyclic) bond motifs is 1. The second kappa shape index (κ2) is 9.52. The molecule has 6 saturated carbocycles. The van der Waals surface area contributed by atoms with Crippen LogP contribution >= 0.6 is 0 Å². The van der Waals surface area contributed by atoms with Gasteiger partial charge < -0.3 is 14.2 Å². The number of hydrogen-bond acceptors (Lipinski definition) is 7. The first-order chi connectivity index (χ1) is 19.3. The van der Waals surface area contributed by atoms with Gasteiger partial charge in [-0.2, -0.15) is 8.42 Å². The van der Waals surface area contributed by atoms with Crippen LogP contribution in [0.5, 0.6) is 5.75 Å². The normalized spacial score (nSPS) is 40.1.